The Bertz CT molecular complexity index is 3180. The van der Waals surface area contributed by atoms with Crippen LogP contribution in [0, 0.1) is 34.7 Å². The van der Waals surface area contributed by atoms with Crippen LogP contribution >= 0.6 is 46.1 Å². The minimum Gasteiger partial charge on any atom is -0.492 e. The number of carbonyl (C=O) groups is 6. The van der Waals surface area contributed by atoms with Gasteiger partial charge >= 0.3 is 6.09 Å². The molecular formula is C64H89IN4O25S2Si. The average Bonchev–Trinajstić information content (AvgIpc) is 1.46. The number of alkyl carbamates (subject to hydrolysis) is 1. The maximum Gasteiger partial charge on any atom is 0.411 e. The molecule has 6 aliphatic rings. The highest BCUT2D eigenvalue weighted by Gasteiger charge is 2.51. The summed E-state index contributed by atoms with van der Waals surface area (Å²) >= 11 is 3.91. The lowest BCUT2D eigenvalue weighted by atomic mass is 9.96. The van der Waals surface area contributed by atoms with Crippen molar-refractivity contribution in [3.05, 3.63) is 50.0 Å². The van der Waals surface area contributed by atoms with E-state index in [9.17, 15) is 54.0 Å². The van der Waals surface area contributed by atoms with Gasteiger partial charge < -0.3 is 91.7 Å². The fourth-order valence-corrected chi connectivity index (χ4v) is 15.8. The predicted molar refractivity (Wildman–Crippen MR) is 360 cm³/mol. The van der Waals surface area contributed by atoms with E-state index in [2.05, 4.69) is 28.6 Å². The molecule has 0 aromatic heterocycles. The van der Waals surface area contributed by atoms with E-state index in [4.69, 9.17) is 72.8 Å². The molecule has 7 N–H and O–H groups in total. The second-order valence-corrected chi connectivity index (χ2v) is 31.8. The summed E-state index contributed by atoms with van der Waals surface area (Å²) in [6, 6.07) is -1.23. The zero-order chi connectivity index (χ0) is 71.3. The third-order valence-electron chi connectivity index (χ3n) is 17.1. The smallest absolute Gasteiger partial charge is 0.411 e. The molecule has 33 heteroatoms. The third-order valence-corrected chi connectivity index (χ3v) is 22.5. The van der Waals surface area contributed by atoms with Crippen molar-refractivity contribution in [2.45, 2.75) is 201 Å². The third kappa shape index (κ3) is 19.4. The van der Waals surface area contributed by atoms with Gasteiger partial charge in [-0.15, -0.1) is 18.2 Å². The number of aliphatic hydroxyl groups is 4. The number of hydrogen-bond acceptors (Lipinski definition) is 28. The number of carbonyl (C=O) groups excluding carboxylic acids is 6. The van der Waals surface area contributed by atoms with Crippen molar-refractivity contribution in [2.75, 3.05) is 67.6 Å². The molecule has 0 aliphatic carbocycles. The number of likely N-dealkylation sites (N-methyl/N-ethyl adjacent to an activating group) is 1. The van der Waals surface area contributed by atoms with Gasteiger partial charge in [-0.2, -0.15) is 5.48 Å². The molecule has 4 amide bonds. The number of hydrogen-bond donors (Lipinski definition) is 7. The number of allylic oxidation sites excluding steroid dienone is 2. The average molecular weight is 1530 g/mol. The van der Waals surface area contributed by atoms with E-state index in [0.717, 1.165) is 30.6 Å². The Morgan fingerprint density at radius 1 is 0.907 bits per heavy atom. The molecule has 5 saturated heterocycles. The molecule has 6 heterocycles. The number of halogens is 1. The number of benzene rings is 1. The fourth-order valence-electron chi connectivity index (χ4n) is 12.0. The molecule has 5 fully saturated rings. The van der Waals surface area contributed by atoms with Crippen molar-refractivity contribution in [1.82, 2.24) is 20.6 Å². The van der Waals surface area contributed by atoms with Crippen LogP contribution in [0.1, 0.15) is 76.2 Å². The Labute approximate surface area is 587 Å². The number of ether oxygens (including phenoxy) is 13. The number of terminal acetylenes is 1. The molecule has 0 spiro atoms. The molecule has 0 bridgehead atoms. The van der Waals surface area contributed by atoms with Crippen LogP contribution < -0.4 is 25.0 Å². The Kier molecular flexibility index (Phi) is 29.5. The highest BCUT2D eigenvalue weighted by molar-refractivity contribution is 14.1. The first kappa shape index (κ1) is 79.4. The van der Waals surface area contributed by atoms with Gasteiger partial charge in [0.25, 0.3) is 0 Å². The lowest BCUT2D eigenvalue weighted by Gasteiger charge is -2.47. The number of thioether (sulfide) groups is 2. The standard InChI is InChI=1S/C64H89IN4O25S2Si/c1-15-17-18-19-21-40(47-39(86-30-38(72)50(47)66-64(79)85-12)22-24-95-42-28-43(73)69(60(42)77)23-20-25-97(13,14)80)91-63-57(92-44-27-41(81-8)36(29-87-44)68(16-2)35(7)70)52(75)49(32(4)89-63)67-94-45-26-37(71)59(34(6)88-45)96-61(78)46-31(3)48(65)55(58(84-11)54(46)82-9)93-62-53(76)56(83-10)51(74)33(5)90-62/h1,17-18,22,32-34,36-37,40-42,44-45,49,51-53,56-57,59,62-63,67,71,74-76,80H,16,20,23-30H2,2-14H3,(H,66,79)/b18-17-,39-22+/t32?,33?,34?,36?,37?,40-,41?,42?,44?,45?,49?,51?,52?,53?,56?,57?,59?,62?,63?/m0/s1. The largest absolute Gasteiger partial charge is 0.492 e. The molecular weight excluding hydrogens is 1440 g/mol. The predicted octanol–water partition coefficient (Wildman–Crippen LogP) is 2.71. The van der Waals surface area contributed by atoms with Crippen LogP contribution in [0.15, 0.2) is 35.3 Å². The monoisotopic (exact) mass is 1530 g/mol. The number of methoxy groups -OCH3 is 5. The first-order valence-electron chi connectivity index (χ1n) is 31.5. The summed E-state index contributed by atoms with van der Waals surface area (Å²) in [4.78, 5) is 100. The van der Waals surface area contributed by atoms with Crippen molar-refractivity contribution in [1.29, 1.82) is 0 Å². The van der Waals surface area contributed by atoms with Gasteiger partial charge in [0, 0.05) is 59.2 Å². The Balaban J connectivity index is 1.14. The number of Topliss-reactive ketones (excluding diaryl/α,β-unsaturated/α-hetero) is 1. The maximum absolute atomic E-state index is 14.5. The quantitative estimate of drug-likeness (QED) is 0.0230. The molecule has 0 saturated carbocycles. The van der Waals surface area contributed by atoms with Gasteiger partial charge in [0.15, 0.2) is 51.4 Å². The summed E-state index contributed by atoms with van der Waals surface area (Å²) in [5, 5.41) is 46.5. The minimum absolute atomic E-state index is 0.00307. The molecule has 0 radical (unpaired) electrons. The molecule has 18 unspecified atom stereocenters. The minimum atomic E-state index is -2.44. The summed E-state index contributed by atoms with van der Waals surface area (Å²) in [5.74, 6) is 6.47. The van der Waals surface area contributed by atoms with E-state index >= 15 is 0 Å². The van der Waals surface area contributed by atoms with Crippen LogP contribution in [0.2, 0.25) is 19.1 Å². The van der Waals surface area contributed by atoms with Gasteiger partial charge in [0.1, 0.15) is 42.0 Å². The fraction of sp³-hybridized carbons (Fsp3) is 0.656. The number of aliphatic hydroxyl groups excluding tert-OH is 4. The van der Waals surface area contributed by atoms with Gasteiger partial charge in [-0.25, -0.2) is 4.79 Å². The number of imide groups is 1. The van der Waals surface area contributed by atoms with Gasteiger partial charge in [-0.1, -0.05) is 29.5 Å². The SMILES string of the molecule is C#C/C=C\C#C[C@H](OC1OC(C)C(NOC2CC(O)C(SC(=O)c3c(C)c(I)c(OC4OC(C)C(O)C(OC)C4O)c(OC)c3OC)C(C)O2)C(O)C1OC1CC(OC)C(N(CC)C(C)=O)CO1)C1=C(NC(=O)OC)C(=O)CO/C1=C/CSC1CC(=O)N(CCC[Si](C)(C)O)C1=O. The topological polar surface area (TPSA) is 363 Å². The number of nitrogens with one attached hydrogen (secondary N) is 2. The van der Waals surface area contributed by atoms with Crippen molar-refractivity contribution >= 4 is 89.1 Å². The molecule has 1 aromatic carbocycles. The molecule has 7 rings (SSSR count). The lowest BCUT2D eigenvalue weighted by molar-refractivity contribution is -0.337. The molecule has 97 heavy (non-hydrogen) atoms. The van der Waals surface area contributed by atoms with E-state index in [-0.39, 0.29) is 89.8 Å². The first-order valence-corrected chi connectivity index (χ1v) is 37.7. The van der Waals surface area contributed by atoms with E-state index in [1.165, 1.54) is 58.5 Å². The second kappa shape index (κ2) is 36.1. The highest BCUT2D eigenvalue weighted by Crippen LogP contribution is 2.49. The summed E-state index contributed by atoms with van der Waals surface area (Å²) in [6.07, 6.45) is -9.51. The number of rotatable bonds is 26. The van der Waals surface area contributed by atoms with Crippen LogP contribution in [-0.2, 0) is 71.4 Å². The first-order chi connectivity index (χ1) is 46.1. The second-order valence-electron chi connectivity index (χ2n) is 24.2. The molecule has 538 valence electrons. The number of ketones is 1. The Morgan fingerprint density at radius 3 is 2.25 bits per heavy atom. The van der Waals surface area contributed by atoms with Crippen molar-refractivity contribution < 1.29 is 120 Å². The number of hydroxylamine groups is 1. The van der Waals surface area contributed by atoms with Crippen molar-refractivity contribution in [2.24, 2.45) is 0 Å². The van der Waals surface area contributed by atoms with Gasteiger partial charge in [0.2, 0.25) is 40.7 Å². The van der Waals surface area contributed by atoms with E-state index in [0.29, 0.717) is 28.1 Å². The molecule has 19 atom stereocenters. The molecule has 29 nitrogen and oxygen atoms in total. The summed E-state index contributed by atoms with van der Waals surface area (Å²) in [7, 11) is 4.16. The van der Waals surface area contributed by atoms with E-state index in [1.54, 1.807) is 45.7 Å². The zero-order valence-corrected chi connectivity index (χ0v) is 61.1. The molecule has 1 aromatic rings. The van der Waals surface area contributed by atoms with Gasteiger partial charge in [-0.05, 0) is 107 Å². The molecule has 6 aliphatic heterocycles. The van der Waals surface area contributed by atoms with Crippen LogP contribution in [0.25, 0.3) is 0 Å². The van der Waals surface area contributed by atoms with Gasteiger partial charge in [0.05, 0.1) is 95.7 Å². The van der Waals surface area contributed by atoms with E-state index < -0.39 is 153 Å². The summed E-state index contributed by atoms with van der Waals surface area (Å²) in [5.41, 5.74) is 2.88. The highest BCUT2D eigenvalue weighted by atomic mass is 127. The van der Waals surface area contributed by atoms with Crippen LogP contribution in [0.4, 0.5) is 4.79 Å². The number of nitrogens with zero attached hydrogens (tertiary/aromatic N) is 2. The van der Waals surface area contributed by atoms with Crippen molar-refractivity contribution in [3.63, 3.8) is 0 Å². The van der Waals surface area contributed by atoms with Crippen LogP contribution in [-0.4, -0.2) is 261 Å². The Hall–Kier alpha value is -4.97. The number of amides is 4. The van der Waals surface area contributed by atoms with Crippen molar-refractivity contribution in [3.8, 4) is 41.4 Å². The number of likely N-dealkylation sites (tertiary alicyclic amines) is 1. The van der Waals surface area contributed by atoms with E-state index in [1.807, 2.05) is 29.5 Å². The van der Waals surface area contributed by atoms with Crippen LogP contribution in [0.3, 0.4) is 0 Å². The van der Waals surface area contributed by atoms with Crippen LogP contribution in [0.5, 0.6) is 17.2 Å². The van der Waals surface area contributed by atoms with Gasteiger partial charge in [-0.3, -0.25) is 39.0 Å². The Morgan fingerprint density at radius 2 is 1.62 bits per heavy atom. The maximum atomic E-state index is 14.5. The summed E-state index contributed by atoms with van der Waals surface area (Å²) < 4.78 is 78.8. The zero-order valence-electron chi connectivity index (χ0n) is 56.3. The lowest BCUT2D eigenvalue weighted by Crippen LogP contribution is -2.65. The summed E-state index contributed by atoms with van der Waals surface area (Å²) in [6.45, 7) is 13.2. The normalized spacial score (nSPS) is 31.7.